The number of benzene rings is 1. The zero-order valence-corrected chi connectivity index (χ0v) is 10.5. The molecule has 19 heavy (non-hydrogen) atoms. The van der Waals surface area contributed by atoms with Crippen molar-refractivity contribution in [2.24, 2.45) is 11.8 Å². The highest BCUT2D eigenvalue weighted by atomic mass is 19.1. The molecule has 3 rings (SSSR count). The van der Waals surface area contributed by atoms with Crippen LogP contribution in [0.25, 0.3) is 0 Å². The molecule has 0 aromatic heterocycles. The lowest BCUT2D eigenvalue weighted by Crippen LogP contribution is -2.31. The van der Waals surface area contributed by atoms with Crippen molar-refractivity contribution >= 4 is 11.6 Å². The Labute approximate surface area is 110 Å². The Morgan fingerprint density at radius 1 is 1.21 bits per heavy atom. The van der Waals surface area contributed by atoms with E-state index in [0.29, 0.717) is 24.9 Å². The molecule has 102 valence electrons. The average molecular weight is 266 g/mol. The maximum absolute atomic E-state index is 13.8. The van der Waals surface area contributed by atoms with Gasteiger partial charge in [-0.3, -0.25) is 4.79 Å². The van der Waals surface area contributed by atoms with Crippen molar-refractivity contribution in [3.63, 3.8) is 0 Å². The van der Waals surface area contributed by atoms with Gasteiger partial charge in [0.25, 0.3) is 5.91 Å². The fourth-order valence-corrected chi connectivity index (χ4v) is 3.32. The second-order valence-corrected chi connectivity index (χ2v) is 5.49. The second kappa shape index (κ2) is 4.47. The highest BCUT2D eigenvalue weighted by Crippen LogP contribution is 2.38. The molecule has 2 N–H and O–H groups in total. The Bertz CT molecular complexity index is 520. The Hall–Kier alpha value is -1.65. The summed E-state index contributed by atoms with van der Waals surface area (Å²) in [5.74, 6) is -1.36. The smallest absolute Gasteiger partial charge is 0.259 e. The molecule has 1 heterocycles. The van der Waals surface area contributed by atoms with Gasteiger partial charge in [-0.2, -0.15) is 0 Å². The lowest BCUT2D eigenvalue weighted by Gasteiger charge is -2.18. The van der Waals surface area contributed by atoms with Crippen LogP contribution in [0.4, 0.5) is 14.5 Å². The first-order valence-corrected chi connectivity index (χ1v) is 6.60. The summed E-state index contributed by atoms with van der Waals surface area (Å²) in [4.78, 5) is 13.8. The lowest BCUT2D eigenvalue weighted by molar-refractivity contribution is 0.0771. The van der Waals surface area contributed by atoms with E-state index in [1.165, 1.54) is 6.42 Å². The van der Waals surface area contributed by atoms with Gasteiger partial charge in [0.1, 0.15) is 11.4 Å². The molecule has 0 radical (unpaired) electrons. The Balaban J connectivity index is 1.87. The number of fused-ring (bicyclic) bond motifs is 1. The van der Waals surface area contributed by atoms with E-state index in [2.05, 4.69) is 0 Å². The quantitative estimate of drug-likeness (QED) is 0.793. The van der Waals surface area contributed by atoms with Gasteiger partial charge < -0.3 is 10.6 Å². The molecule has 1 aliphatic carbocycles. The predicted molar refractivity (Wildman–Crippen MR) is 67.5 cm³/mol. The molecule has 0 spiro atoms. The lowest BCUT2D eigenvalue weighted by atomic mass is 10.0. The van der Waals surface area contributed by atoms with Gasteiger partial charge in [-0.1, -0.05) is 6.42 Å². The fraction of sp³-hybridized carbons (Fsp3) is 0.500. The number of amides is 1. The first-order valence-electron chi connectivity index (χ1n) is 6.60. The first kappa shape index (κ1) is 12.4. The van der Waals surface area contributed by atoms with E-state index in [0.717, 1.165) is 25.0 Å². The summed E-state index contributed by atoms with van der Waals surface area (Å²) in [6.07, 6.45) is 3.41. The zero-order valence-electron chi connectivity index (χ0n) is 10.5. The van der Waals surface area contributed by atoms with Crippen molar-refractivity contribution < 1.29 is 13.6 Å². The SMILES string of the molecule is Nc1ccc(F)c(C(=O)N2CC3CCCC3C2)c1F. The van der Waals surface area contributed by atoms with Crippen molar-refractivity contribution in [2.75, 3.05) is 18.8 Å². The summed E-state index contributed by atoms with van der Waals surface area (Å²) >= 11 is 0. The van der Waals surface area contributed by atoms with E-state index < -0.39 is 23.1 Å². The first-order chi connectivity index (χ1) is 9.08. The maximum Gasteiger partial charge on any atom is 0.259 e. The molecule has 3 nitrogen and oxygen atoms in total. The van der Waals surface area contributed by atoms with Crippen LogP contribution < -0.4 is 5.73 Å². The molecule has 1 amide bonds. The number of halogens is 2. The van der Waals surface area contributed by atoms with Crippen molar-refractivity contribution in [3.8, 4) is 0 Å². The number of rotatable bonds is 1. The van der Waals surface area contributed by atoms with Crippen molar-refractivity contribution in [1.82, 2.24) is 4.90 Å². The van der Waals surface area contributed by atoms with Gasteiger partial charge in [-0.25, -0.2) is 8.78 Å². The number of hydrogen-bond donors (Lipinski definition) is 1. The van der Waals surface area contributed by atoms with Crippen molar-refractivity contribution in [2.45, 2.75) is 19.3 Å². The third kappa shape index (κ3) is 1.97. The minimum atomic E-state index is -0.943. The zero-order chi connectivity index (χ0) is 13.6. The Kier molecular flexibility index (Phi) is 2.92. The molecule has 1 saturated heterocycles. The maximum atomic E-state index is 13.8. The molecule has 2 atom stereocenters. The summed E-state index contributed by atoms with van der Waals surface area (Å²) in [7, 11) is 0. The van der Waals surface area contributed by atoms with Gasteiger partial charge in [0.05, 0.1) is 5.69 Å². The third-order valence-corrected chi connectivity index (χ3v) is 4.35. The van der Waals surface area contributed by atoms with Crippen LogP contribution in [-0.2, 0) is 0 Å². The van der Waals surface area contributed by atoms with Gasteiger partial charge >= 0.3 is 0 Å². The number of nitrogen functional groups attached to an aromatic ring is 1. The third-order valence-electron chi connectivity index (χ3n) is 4.35. The monoisotopic (exact) mass is 266 g/mol. The average Bonchev–Trinajstić information content (AvgIpc) is 2.94. The van der Waals surface area contributed by atoms with E-state index in [1.54, 1.807) is 4.90 Å². The van der Waals surface area contributed by atoms with Crippen LogP contribution in [0.1, 0.15) is 29.6 Å². The summed E-state index contributed by atoms with van der Waals surface area (Å²) in [5.41, 5.74) is 4.70. The molecular formula is C14H16F2N2O. The largest absolute Gasteiger partial charge is 0.396 e. The molecule has 0 bridgehead atoms. The minimum Gasteiger partial charge on any atom is -0.396 e. The van der Waals surface area contributed by atoms with Gasteiger partial charge in [-0.15, -0.1) is 0 Å². The van der Waals surface area contributed by atoms with Gasteiger partial charge in [-0.05, 0) is 36.8 Å². The number of carbonyl (C=O) groups excluding carboxylic acids is 1. The van der Waals surface area contributed by atoms with E-state index in [1.807, 2.05) is 0 Å². The Morgan fingerprint density at radius 2 is 1.84 bits per heavy atom. The number of hydrogen-bond acceptors (Lipinski definition) is 2. The van der Waals surface area contributed by atoms with Gasteiger partial charge in [0.15, 0.2) is 5.82 Å². The van der Waals surface area contributed by atoms with Crippen LogP contribution in [0, 0.1) is 23.5 Å². The highest BCUT2D eigenvalue weighted by molar-refractivity contribution is 5.96. The standard InChI is InChI=1S/C14H16F2N2O/c15-10-4-5-11(17)13(16)12(10)14(19)18-6-8-2-1-3-9(8)7-18/h4-5,8-9H,1-3,6-7,17H2. The highest BCUT2D eigenvalue weighted by Gasteiger charge is 2.39. The normalized spacial score (nSPS) is 25.7. The van der Waals surface area contributed by atoms with Gasteiger partial charge in [0, 0.05) is 13.1 Å². The molecule has 1 saturated carbocycles. The number of likely N-dealkylation sites (tertiary alicyclic amines) is 1. The molecular weight excluding hydrogens is 250 g/mol. The summed E-state index contributed by atoms with van der Waals surface area (Å²) in [6.45, 7) is 1.22. The molecule has 1 aliphatic heterocycles. The van der Waals surface area contributed by atoms with Crippen LogP contribution >= 0.6 is 0 Å². The molecule has 2 fully saturated rings. The van der Waals surface area contributed by atoms with Crippen molar-refractivity contribution in [1.29, 1.82) is 0 Å². The van der Waals surface area contributed by atoms with Crippen LogP contribution in [0.2, 0.25) is 0 Å². The second-order valence-electron chi connectivity index (χ2n) is 5.49. The number of carbonyl (C=O) groups is 1. The van der Waals surface area contributed by atoms with Crippen LogP contribution in [0.5, 0.6) is 0 Å². The molecule has 5 heteroatoms. The van der Waals surface area contributed by atoms with E-state index in [4.69, 9.17) is 5.73 Å². The summed E-state index contributed by atoms with van der Waals surface area (Å²) < 4.78 is 27.5. The van der Waals surface area contributed by atoms with Crippen LogP contribution in [-0.4, -0.2) is 23.9 Å². The molecule has 1 aromatic carbocycles. The number of nitrogens with zero attached hydrogens (tertiary/aromatic N) is 1. The van der Waals surface area contributed by atoms with E-state index >= 15 is 0 Å². The van der Waals surface area contributed by atoms with E-state index in [-0.39, 0.29) is 5.69 Å². The van der Waals surface area contributed by atoms with Crippen molar-refractivity contribution in [3.05, 3.63) is 29.3 Å². The van der Waals surface area contributed by atoms with E-state index in [9.17, 15) is 13.6 Å². The predicted octanol–water partition coefficient (Wildman–Crippen LogP) is 2.42. The summed E-state index contributed by atoms with van der Waals surface area (Å²) in [5, 5.41) is 0. The number of anilines is 1. The van der Waals surface area contributed by atoms with Crippen LogP contribution in [0.15, 0.2) is 12.1 Å². The number of nitrogens with two attached hydrogens (primary N) is 1. The summed E-state index contributed by atoms with van der Waals surface area (Å²) in [6, 6.07) is 2.18. The fourth-order valence-electron chi connectivity index (χ4n) is 3.32. The topological polar surface area (TPSA) is 46.3 Å². The molecule has 2 unspecified atom stereocenters. The minimum absolute atomic E-state index is 0.191. The Morgan fingerprint density at radius 3 is 2.47 bits per heavy atom. The van der Waals surface area contributed by atoms with Crippen LogP contribution in [0.3, 0.4) is 0 Å². The van der Waals surface area contributed by atoms with Gasteiger partial charge in [0.2, 0.25) is 0 Å². The molecule has 1 aromatic rings. The molecule has 2 aliphatic rings.